The van der Waals surface area contributed by atoms with E-state index < -0.39 is 23.9 Å². The zero-order valence-electron chi connectivity index (χ0n) is 23.1. The van der Waals surface area contributed by atoms with E-state index in [4.69, 9.17) is 37.0 Å². The minimum Gasteiger partial charge on any atom is -0.478 e. The Morgan fingerprint density at radius 3 is 1.83 bits per heavy atom. The summed E-state index contributed by atoms with van der Waals surface area (Å²) in [7, 11) is 2.20. The molecule has 4 N–H and O–H groups in total. The molecule has 42 heavy (non-hydrogen) atoms. The van der Waals surface area contributed by atoms with Crippen LogP contribution in [0.2, 0.25) is 5.02 Å². The second kappa shape index (κ2) is 17.5. The summed E-state index contributed by atoms with van der Waals surface area (Å²) in [6.45, 7) is 5.77. The van der Waals surface area contributed by atoms with Gasteiger partial charge in [0.15, 0.2) is 0 Å². The Hall–Kier alpha value is -4.32. The topological polar surface area (TPSA) is 168 Å². The monoisotopic (exact) mass is 599 g/mol. The third-order valence-electron chi connectivity index (χ3n) is 6.28. The first kappa shape index (κ1) is 33.9. The van der Waals surface area contributed by atoms with Crippen LogP contribution in [0.1, 0.15) is 23.1 Å². The summed E-state index contributed by atoms with van der Waals surface area (Å²) in [6, 6.07) is 17.0. The van der Waals surface area contributed by atoms with Crippen LogP contribution < -0.4 is 0 Å². The molecule has 1 atom stereocenters. The highest BCUT2D eigenvalue weighted by molar-refractivity contribution is 6.32. The van der Waals surface area contributed by atoms with Gasteiger partial charge in [0, 0.05) is 73.2 Å². The molecule has 0 aromatic heterocycles. The van der Waals surface area contributed by atoms with Crippen molar-refractivity contribution >= 4 is 41.2 Å². The molecular weight excluding hydrogens is 566 g/mol. The number of carboxylic acid groups (broad SMARTS) is 4. The third kappa shape index (κ3) is 12.5. The molecule has 2 aromatic carbocycles. The van der Waals surface area contributed by atoms with Gasteiger partial charge in [0.25, 0.3) is 0 Å². The van der Waals surface area contributed by atoms with Gasteiger partial charge in [-0.25, -0.2) is 19.2 Å². The molecule has 11 nitrogen and oxygen atoms in total. The number of hydrogen-bond donors (Lipinski definition) is 4. The van der Waals surface area contributed by atoms with Crippen molar-refractivity contribution in [2.45, 2.75) is 18.9 Å². The summed E-state index contributed by atoms with van der Waals surface area (Å²) in [6.07, 6.45) is 4.26. The van der Waals surface area contributed by atoms with Gasteiger partial charge in [-0.15, -0.1) is 0 Å². The molecule has 0 bridgehead atoms. The summed E-state index contributed by atoms with van der Waals surface area (Å²) in [5.41, 5.74) is 4.73. The zero-order chi connectivity index (χ0) is 31.1. The van der Waals surface area contributed by atoms with Crippen molar-refractivity contribution in [2.24, 2.45) is 4.99 Å². The molecule has 1 saturated heterocycles. The van der Waals surface area contributed by atoms with Crippen molar-refractivity contribution in [1.29, 1.82) is 0 Å². The van der Waals surface area contributed by atoms with E-state index in [1.165, 1.54) is 16.7 Å². The summed E-state index contributed by atoms with van der Waals surface area (Å²) in [4.78, 5) is 48.3. The van der Waals surface area contributed by atoms with E-state index in [0.29, 0.717) is 30.3 Å². The van der Waals surface area contributed by atoms with Gasteiger partial charge < -0.3 is 30.2 Å². The first-order valence-electron chi connectivity index (χ1n) is 13.1. The van der Waals surface area contributed by atoms with E-state index in [0.717, 1.165) is 56.3 Å². The number of carboxylic acids is 4. The fourth-order valence-electron chi connectivity index (χ4n) is 4.20. The summed E-state index contributed by atoms with van der Waals surface area (Å²) in [5.74, 6) is -5.03. The molecule has 2 aliphatic rings. The fraction of sp³-hybridized carbons (Fsp3) is 0.300. The van der Waals surface area contributed by atoms with Gasteiger partial charge in [0.2, 0.25) is 0 Å². The molecule has 2 aromatic rings. The van der Waals surface area contributed by atoms with E-state index >= 15 is 0 Å². The largest absolute Gasteiger partial charge is 0.478 e. The number of carbonyl (C=O) groups is 4. The molecular formula is C30H34ClN3O8. The molecule has 1 fully saturated rings. The van der Waals surface area contributed by atoms with Gasteiger partial charge in [0.05, 0.1) is 11.8 Å². The molecule has 0 amide bonds. The highest BCUT2D eigenvalue weighted by atomic mass is 35.5. The van der Waals surface area contributed by atoms with E-state index in [1.54, 1.807) is 0 Å². The van der Waals surface area contributed by atoms with Crippen molar-refractivity contribution in [3.05, 3.63) is 94.5 Å². The Kier molecular flexibility index (Phi) is 14.1. The predicted octanol–water partition coefficient (Wildman–Crippen LogP) is 3.16. The van der Waals surface area contributed by atoms with Crippen LogP contribution >= 0.6 is 11.6 Å². The number of rotatable bonds is 8. The molecule has 0 aliphatic carbocycles. The van der Waals surface area contributed by atoms with Gasteiger partial charge in [-0.05, 0) is 31.5 Å². The van der Waals surface area contributed by atoms with Gasteiger partial charge in [-0.2, -0.15) is 0 Å². The minimum absolute atomic E-state index is 0.303. The first-order chi connectivity index (χ1) is 20.0. The third-order valence-corrected chi connectivity index (χ3v) is 6.64. The average Bonchev–Trinajstić information content (AvgIpc) is 2.96. The number of nitrogens with zero attached hydrogens (tertiary/aromatic N) is 3. The van der Waals surface area contributed by atoms with Gasteiger partial charge in [-0.3, -0.25) is 4.99 Å². The number of aliphatic imine (C=N–C) groups is 1. The molecule has 224 valence electrons. The summed E-state index contributed by atoms with van der Waals surface area (Å²) in [5, 5.41) is 32.1. The van der Waals surface area contributed by atoms with Crippen molar-refractivity contribution in [3.8, 4) is 0 Å². The summed E-state index contributed by atoms with van der Waals surface area (Å²) >= 11 is 6.55. The summed E-state index contributed by atoms with van der Waals surface area (Å²) < 4.78 is 0. The Morgan fingerprint density at radius 2 is 1.33 bits per heavy atom. The number of halogens is 1. The van der Waals surface area contributed by atoms with Crippen LogP contribution in [0, 0.1) is 0 Å². The molecule has 2 aliphatic heterocycles. The minimum atomic E-state index is -1.26. The molecule has 0 radical (unpaired) electrons. The Balaban J connectivity index is 0.000000319. The van der Waals surface area contributed by atoms with Crippen LogP contribution in [0.3, 0.4) is 0 Å². The van der Waals surface area contributed by atoms with Crippen LogP contribution in [-0.2, 0) is 25.6 Å². The van der Waals surface area contributed by atoms with Crippen molar-refractivity contribution in [1.82, 2.24) is 9.80 Å². The van der Waals surface area contributed by atoms with Crippen molar-refractivity contribution < 1.29 is 39.6 Å². The van der Waals surface area contributed by atoms with E-state index in [9.17, 15) is 19.2 Å². The lowest BCUT2D eigenvalue weighted by atomic mass is 9.89. The smallest absolute Gasteiger partial charge is 0.328 e. The van der Waals surface area contributed by atoms with Crippen LogP contribution in [0.4, 0.5) is 0 Å². The number of aliphatic carboxylic acids is 4. The molecule has 0 saturated carbocycles. The lowest BCUT2D eigenvalue weighted by molar-refractivity contribution is -0.134. The average molecular weight is 600 g/mol. The van der Waals surface area contributed by atoms with E-state index in [2.05, 4.69) is 53.2 Å². The SMILES string of the molecule is CN1CCN(CCC2Cc3c(Cl)cccc3C(c3ccccc3)=N2)CC1.O=C(O)/C=C/C(=O)O.O=C(O)/C=C/C(=O)O. The van der Waals surface area contributed by atoms with Crippen LogP contribution in [0.25, 0.3) is 0 Å². The highest BCUT2D eigenvalue weighted by Gasteiger charge is 2.24. The second-order valence-corrected chi connectivity index (χ2v) is 9.83. The lowest BCUT2D eigenvalue weighted by Gasteiger charge is -2.33. The highest BCUT2D eigenvalue weighted by Crippen LogP contribution is 2.30. The molecule has 0 spiro atoms. The lowest BCUT2D eigenvalue weighted by Crippen LogP contribution is -2.45. The zero-order valence-corrected chi connectivity index (χ0v) is 23.9. The fourth-order valence-corrected chi connectivity index (χ4v) is 4.45. The standard InChI is InChI=1S/C22H26ClN3.2C4H4O4/c1-25-12-14-26(15-13-25)11-10-18-16-20-19(8-5-9-21(20)23)22(24-18)17-6-3-2-4-7-17;2*5-3(6)1-2-4(7)8/h2-9,18H,10-16H2,1H3;2*1-2H,(H,5,6)(H,7,8)/b;2*2-1+. The molecule has 1 unspecified atom stereocenters. The Bertz CT molecular complexity index is 1250. The first-order valence-corrected chi connectivity index (χ1v) is 13.4. The maximum absolute atomic E-state index is 9.55. The van der Waals surface area contributed by atoms with Gasteiger partial charge in [0.1, 0.15) is 0 Å². The predicted molar refractivity (Wildman–Crippen MR) is 158 cm³/mol. The number of hydrogen-bond acceptors (Lipinski definition) is 7. The molecule has 4 rings (SSSR count). The number of likely N-dealkylation sites (N-methyl/N-ethyl adjacent to an activating group) is 1. The van der Waals surface area contributed by atoms with Gasteiger partial charge >= 0.3 is 23.9 Å². The maximum atomic E-state index is 9.55. The molecule has 12 heteroatoms. The van der Waals surface area contributed by atoms with Crippen LogP contribution in [-0.4, -0.2) is 106 Å². The van der Waals surface area contributed by atoms with Crippen molar-refractivity contribution in [2.75, 3.05) is 39.8 Å². The van der Waals surface area contributed by atoms with E-state index in [1.807, 2.05) is 12.1 Å². The Labute approximate surface area is 248 Å². The van der Waals surface area contributed by atoms with Crippen LogP contribution in [0.5, 0.6) is 0 Å². The molecule has 2 heterocycles. The normalized spacial score (nSPS) is 16.8. The number of benzene rings is 2. The second-order valence-electron chi connectivity index (χ2n) is 9.42. The van der Waals surface area contributed by atoms with E-state index in [-0.39, 0.29) is 0 Å². The van der Waals surface area contributed by atoms with Crippen LogP contribution in [0.15, 0.2) is 77.8 Å². The Morgan fingerprint density at radius 1 is 0.810 bits per heavy atom. The van der Waals surface area contributed by atoms with Crippen molar-refractivity contribution in [3.63, 3.8) is 0 Å². The number of fused-ring (bicyclic) bond motifs is 1. The quantitative estimate of drug-likeness (QED) is 0.331. The maximum Gasteiger partial charge on any atom is 0.328 e. The van der Waals surface area contributed by atoms with Gasteiger partial charge in [-0.1, -0.05) is 54.1 Å². The number of piperazine rings is 1.